The molecule has 21 heavy (non-hydrogen) atoms. The van der Waals surface area contributed by atoms with Gasteiger partial charge in [0.2, 0.25) is 5.88 Å². The van der Waals surface area contributed by atoms with Gasteiger partial charge in [0, 0.05) is 10.7 Å². The first-order valence-electron chi connectivity index (χ1n) is 6.17. The molecule has 0 aliphatic carbocycles. The molecule has 0 radical (unpaired) electrons. The number of aromatic nitrogens is 1. The van der Waals surface area contributed by atoms with Crippen LogP contribution in [0, 0.1) is 6.92 Å². The van der Waals surface area contributed by atoms with Gasteiger partial charge in [0.15, 0.2) is 0 Å². The van der Waals surface area contributed by atoms with Crippen molar-refractivity contribution in [3.63, 3.8) is 0 Å². The molecule has 110 valence electrons. The number of carboxylic acid groups (broad SMARTS) is 1. The van der Waals surface area contributed by atoms with E-state index in [1.165, 1.54) is 13.2 Å². The van der Waals surface area contributed by atoms with Gasteiger partial charge in [-0.3, -0.25) is 0 Å². The van der Waals surface area contributed by atoms with Crippen LogP contribution >= 0.6 is 15.9 Å². The minimum absolute atomic E-state index is 0.115. The van der Waals surface area contributed by atoms with Gasteiger partial charge in [-0.05, 0) is 36.8 Å². The summed E-state index contributed by atoms with van der Waals surface area (Å²) < 4.78 is 11.5. The van der Waals surface area contributed by atoms with Gasteiger partial charge in [-0.2, -0.15) is 0 Å². The highest BCUT2D eigenvalue weighted by Crippen LogP contribution is 2.29. The molecule has 0 unspecified atom stereocenters. The number of ether oxygens (including phenoxy) is 2. The molecule has 6 heteroatoms. The van der Waals surface area contributed by atoms with Gasteiger partial charge in [0.1, 0.15) is 17.9 Å². The average molecular weight is 352 g/mol. The van der Waals surface area contributed by atoms with Crippen molar-refractivity contribution in [3.05, 3.63) is 51.6 Å². The molecule has 0 bridgehead atoms. The van der Waals surface area contributed by atoms with E-state index >= 15 is 0 Å². The minimum Gasteiger partial charge on any atom is -0.488 e. The van der Waals surface area contributed by atoms with E-state index in [4.69, 9.17) is 9.47 Å². The summed E-state index contributed by atoms with van der Waals surface area (Å²) >= 11 is 3.29. The van der Waals surface area contributed by atoms with E-state index in [0.29, 0.717) is 16.1 Å². The summed E-state index contributed by atoms with van der Waals surface area (Å²) in [5.74, 6) is -0.228. The Kier molecular flexibility index (Phi) is 4.80. The number of nitrogens with zero attached hydrogens (tertiary/aromatic N) is 1. The molecule has 0 spiro atoms. The van der Waals surface area contributed by atoms with Gasteiger partial charge in [0.25, 0.3) is 0 Å². The second-order valence-corrected chi connectivity index (χ2v) is 5.28. The maximum absolute atomic E-state index is 11.3. The Morgan fingerprint density at radius 1 is 1.43 bits per heavy atom. The number of carbonyl (C=O) groups is 1. The Balaban J connectivity index is 2.30. The number of aromatic carboxylic acids is 1. The van der Waals surface area contributed by atoms with Crippen LogP contribution in [-0.2, 0) is 6.61 Å². The largest absolute Gasteiger partial charge is 0.488 e. The zero-order valence-corrected chi connectivity index (χ0v) is 13.2. The lowest BCUT2D eigenvalue weighted by Gasteiger charge is -2.14. The number of halogens is 1. The molecular weight excluding hydrogens is 338 g/mol. The summed E-state index contributed by atoms with van der Waals surface area (Å²) in [6.45, 7) is 1.98. The predicted molar refractivity (Wildman–Crippen MR) is 81.0 cm³/mol. The second kappa shape index (κ2) is 6.58. The summed E-state index contributed by atoms with van der Waals surface area (Å²) in [5, 5.41) is 9.27. The summed E-state index contributed by atoms with van der Waals surface area (Å²) in [6.07, 6.45) is 1.62. The number of rotatable bonds is 5. The fourth-order valence-electron chi connectivity index (χ4n) is 1.95. The second-order valence-electron chi connectivity index (χ2n) is 4.37. The SMILES string of the molecule is COc1ncccc1COc1c(C)cc(Br)cc1C(=O)O. The van der Waals surface area contributed by atoms with Crippen LogP contribution in [0.3, 0.4) is 0 Å². The lowest BCUT2D eigenvalue weighted by Crippen LogP contribution is -2.06. The number of methoxy groups -OCH3 is 1. The van der Waals surface area contributed by atoms with Gasteiger partial charge in [-0.1, -0.05) is 15.9 Å². The van der Waals surface area contributed by atoms with E-state index in [1.54, 1.807) is 19.2 Å². The van der Waals surface area contributed by atoms with Gasteiger partial charge >= 0.3 is 5.97 Å². The van der Waals surface area contributed by atoms with Gasteiger partial charge in [-0.15, -0.1) is 0 Å². The first-order chi connectivity index (χ1) is 10.0. The third-order valence-electron chi connectivity index (χ3n) is 2.89. The lowest BCUT2D eigenvalue weighted by atomic mass is 10.1. The smallest absolute Gasteiger partial charge is 0.339 e. The van der Waals surface area contributed by atoms with Crippen molar-refractivity contribution in [2.24, 2.45) is 0 Å². The molecule has 0 aliphatic heterocycles. The third-order valence-corrected chi connectivity index (χ3v) is 3.34. The maximum atomic E-state index is 11.3. The molecule has 0 amide bonds. The molecule has 0 saturated heterocycles. The van der Waals surface area contributed by atoms with Crippen LogP contribution in [0.4, 0.5) is 0 Å². The van der Waals surface area contributed by atoms with Gasteiger partial charge < -0.3 is 14.6 Å². The van der Waals surface area contributed by atoms with Crippen LogP contribution in [0.1, 0.15) is 21.5 Å². The average Bonchev–Trinajstić information content (AvgIpc) is 2.45. The maximum Gasteiger partial charge on any atom is 0.339 e. The monoisotopic (exact) mass is 351 g/mol. The van der Waals surface area contributed by atoms with Crippen molar-refractivity contribution >= 4 is 21.9 Å². The van der Waals surface area contributed by atoms with Gasteiger partial charge in [0.05, 0.1) is 12.7 Å². The molecule has 2 rings (SSSR count). The Morgan fingerprint density at radius 3 is 2.86 bits per heavy atom. The topological polar surface area (TPSA) is 68.7 Å². The zero-order chi connectivity index (χ0) is 15.4. The highest BCUT2D eigenvalue weighted by atomic mass is 79.9. The van der Waals surface area contributed by atoms with E-state index in [0.717, 1.165) is 11.1 Å². The van der Waals surface area contributed by atoms with Crippen molar-refractivity contribution in [2.75, 3.05) is 7.11 Å². The summed E-state index contributed by atoms with van der Waals surface area (Å²) in [6, 6.07) is 6.92. The summed E-state index contributed by atoms with van der Waals surface area (Å²) in [7, 11) is 1.53. The number of benzene rings is 1. The summed E-state index contributed by atoms with van der Waals surface area (Å²) in [4.78, 5) is 15.4. The van der Waals surface area contributed by atoms with E-state index in [1.807, 2.05) is 12.1 Å². The van der Waals surface area contributed by atoms with E-state index in [-0.39, 0.29) is 12.2 Å². The van der Waals surface area contributed by atoms with Crippen molar-refractivity contribution in [1.82, 2.24) is 4.98 Å². The molecule has 1 aromatic heterocycles. The van der Waals surface area contributed by atoms with Gasteiger partial charge in [-0.25, -0.2) is 9.78 Å². The first-order valence-corrected chi connectivity index (χ1v) is 6.96. The number of pyridine rings is 1. The van der Waals surface area contributed by atoms with Crippen LogP contribution in [0.5, 0.6) is 11.6 Å². The highest BCUT2D eigenvalue weighted by Gasteiger charge is 2.16. The Labute approximate surface area is 130 Å². The molecule has 0 aliphatic rings. The quantitative estimate of drug-likeness (QED) is 0.893. The van der Waals surface area contributed by atoms with Crippen LogP contribution < -0.4 is 9.47 Å². The van der Waals surface area contributed by atoms with Crippen molar-refractivity contribution in [1.29, 1.82) is 0 Å². The van der Waals surface area contributed by atoms with Crippen LogP contribution in [0.25, 0.3) is 0 Å². The van der Waals surface area contributed by atoms with Crippen LogP contribution in [-0.4, -0.2) is 23.2 Å². The lowest BCUT2D eigenvalue weighted by molar-refractivity contribution is 0.0691. The Bertz CT molecular complexity index is 673. The molecule has 1 aromatic carbocycles. The normalized spacial score (nSPS) is 10.2. The Morgan fingerprint density at radius 2 is 2.19 bits per heavy atom. The first kappa shape index (κ1) is 15.3. The van der Waals surface area contributed by atoms with E-state index < -0.39 is 5.97 Å². The van der Waals surface area contributed by atoms with E-state index in [2.05, 4.69) is 20.9 Å². The number of hydrogen-bond donors (Lipinski definition) is 1. The van der Waals surface area contributed by atoms with Crippen molar-refractivity contribution < 1.29 is 19.4 Å². The number of hydrogen-bond acceptors (Lipinski definition) is 4. The Hall–Kier alpha value is -2.08. The highest BCUT2D eigenvalue weighted by molar-refractivity contribution is 9.10. The predicted octanol–water partition coefficient (Wildman–Crippen LogP) is 3.44. The molecule has 5 nitrogen and oxygen atoms in total. The fraction of sp³-hybridized carbons (Fsp3) is 0.200. The molecule has 1 N–H and O–H groups in total. The van der Waals surface area contributed by atoms with Crippen LogP contribution in [0.15, 0.2) is 34.9 Å². The number of aryl methyl sites for hydroxylation is 1. The molecular formula is C15H14BrNO4. The summed E-state index contributed by atoms with van der Waals surface area (Å²) in [5.41, 5.74) is 1.60. The third kappa shape index (κ3) is 3.52. The molecule has 0 fully saturated rings. The van der Waals surface area contributed by atoms with Crippen molar-refractivity contribution in [3.8, 4) is 11.6 Å². The van der Waals surface area contributed by atoms with E-state index in [9.17, 15) is 9.90 Å². The minimum atomic E-state index is -1.03. The van der Waals surface area contributed by atoms with Crippen LogP contribution in [0.2, 0.25) is 0 Å². The molecule has 0 saturated carbocycles. The molecule has 0 atom stereocenters. The molecule has 1 heterocycles. The number of carboxylic acids is 1. The zero-order valence-electron chi connectivity index (χ0n) is 11.6. The standard InChI is InChI=1S/C15H14BrNO4/c1-9-6-11(16)7-12(15(18)19)13(9)21-8-10-4-3-5-17-14(10)20-2/h3-7H,8H2,1-2H3,(H,18,19). The fourth-order valence-corrected chi connectivity index (χ4v) is 2.52. The van der Waals surface area contributed by atoms with Crippen molar-refractivity contribution in [2.45, 2.75) is 13.5 Å². The molecule has 2 aromatic rings.